The molecule has 0 spiro atoms. The fourth-order valence-electron chi connectivity index (χ4n) is 3.28. The van der Waals surface area contributed by atoms with E-state index in [1.807, 2.05) is 0 Å². The van der Waals surface area contributed by atoms with Crippen molar-refractivity contribution in [2.24, 2.45) is 0 Å². The van der Waals surface area contributed by atoms with Crippen molar-refractivity contribution >= 4 is 50.7 Å². The zero-order valence-electron chi connectivity index (χ0n) is 18.8. The van der Waals surface area contributed by atoms with Gasteiger partial charge in [-0.25, -0.2) is 8.42 Å². The number of ether oxygens (including phenoxy) is 1. The fraction of sp³-hybridized carbons (Fsp3) is 0.364. The quantitative estimate of drug-likeness (QED) is 0.523. The van der Waals surface area contributed by atoms with Gasteiger partial charge in [-0.3, -0.25) is 13.9 Å². The molecule has 0 radical (unpaired) electrons. The minimum Gasteiger partial charge on any atom is -0.497 e. The van der Waals surface area contributed by atoms with Gasteiger partial charge in [0.25, 0.3) is 0 Å². The Labute approximate surface area is 204 Å². The molecule has 11 heteroatoms. The Hall–Kier alpha value is -2.49. The van der Waals surface area contributed by atoms with Gasteiger partial charge in [0.1, 0.15) is 18.3 Å². The molecule has 1 N–H and O–H groups in total. The highest BCUT2D eigenvalue weighted by atomic mass is 35.5. The molecule has 2 amide bonds. The Morgan fingerprint density at radius 3 is 2.21 bits per heavy atom. The second-order valence-corrected chi connectivity index (χ2v) is 10.00. The van der Waals surface area contributed by atoms with Crippen LogP contribution in [-0.2, 0) is 26.2 Å². The molecular weight excluding hydrogens is 489 g/mol. The maximum Gasteiger partial charge on any atom is 0.244 e. The largest absolute Gasteiger partial charge is 0.497 e. The van der Waals surface area contributed by atoms with Crippen molar-refractivity contribution in [2.75, 3.05) is 31.3 Å². The van der Waals surface area contributed by atoms with Crippen LogP contribution in [0.25, 0.3) is 0 Å². The van der Waals surface area contributed by atoms with Crippen molar-refractivity contribution in [3.05, 3.63) is 58.1 Å². The number of hydrogen-bond acceptors (Lipinski definition) is 5. The van der Waals surface area contributed by atoms with Crippen LogP contribution in [0.5, 0.6) is 5.75 Å². The first-order valence-electron chi connectivity index (χ1n) is 10.1. The highest BCUT2D eigenvalue weighted by Gasteiger charge is 2.31. The molecule has 2 rings (SSSR count). The van der Waals surface area contributed by atoms with Crippen molar-refractivity contribution in [3.8, 4) is 5.75 Å². The van der Waals surface area contributed by atoms with Crippen LogP contribution in [0, 0.1) is 0 Å². The van der Waals surface area contributed by atoms with Gasteiger partial charge in [-0.15, -0.1) is 0 Å². The summed E-state index contributed by atoms with van der Waals surface area (Å²) in [7, 11) is -0.827. The molecule has 0 aliphatic rings. The van der Waals surface area contributed by atoms with Crippen molar-refractivity contribution < 1.29 is 22.7 Å². The van der Waals surface area contributed by atoms with E-state index in [0.29, 0.717) is 33.5 Å². The minimum atomic E-state index is -3.80. The predicted molar refractivity (Wildman–Crippen MR) is 130 cm³/mol. The molecule has 1 unspecified atom stereocenters. The number of anilines is 1. The summed E-state index contributed by atoms with van der Waals surface area (Å²) in [5.74, 6) is -0.357. The molecule has 0 saturated carbocycles. The van der Waals surface area contributed by atoms with E-state index in [1.54, 1.807) is 49.4 Å². The van der Waals surface area contributed by atoms with Crippen LogP contribution in [-0.4, -0.2) is 58.1 Å². The van der Waals surface area contributed by atoms with E-state index in [-0.39, 0.29) is 12.5 Å². The molecule has 0 bridgehead atoms. The molecule has 1 atom stereocenters. The molecule has 0 fully saturated rings. The number of hydrogen-bond donors (Lipinski definition) is 1. The third-order valence-corrected chi connectivity index (χ3v) is 6.89. The number of methoxy groups -OCH3 is 1. The van der Waals surface area contributed by atoms with E-state index in [0.717, 1.165) is 10.6 Å². The Morgan fingerprint density at radius 1 is 1.09 bits per heavy atom. The summed E-state index contributed by atoms with van der Waals surface area (Å²) in [5, 5.41) is 3.23. The van der Waals surface area contributed by atoms with E-state index in [9.17, 15) is 18.0 Å². The van der Waals surface area contributed by atoms with Gasteiger partial charge < -0.3 is 15.0 Å². The van der Waals surface area contributed by atoms with Gasteiger partial charge in [-0.1, -0.05) is 36.2 Å². The second-order valence-electron chi connectivity index (χ2n) is 7.28. The zero-order valence-corrected chi connectivity index (χ0v) is 21.2. The summed E-state index contributed by atoms with van der Waals surface area (Å²) in [5.41, 5.74) is 0.949. The number of sulfonamides is 1. The van der Waals surface area contributed by atoms with Crippen LogP contribution in [0.2, 0.25) is 10.0 Å². The number of likely N-dealkylation sites (N-methyl/N-ethyl adjacent to an activating group) is 1. The molecule has 2 aromatic rings. The van der Waals surface area contributed by atoms with Crippen molar-refractivity contribution in [2.45, 2.75) is 25.9 Å². The maximum absolute atomic E-state index is 13.4. The smallest absolute Gasteiger partial charge is 0.244 e. The molecule has 8 nitrogen and oxygen atoms in total. The monoisotopic (exact) mass is 515 g/mol. The third-order valence-electron chi connectivity index (χ3n) is 5.01. The van der Waals surface area contributed by atoms with Gasteiger partial charge in [0.05, 0.1) is 29.1 Å². The average Bonchev–Trinajstić information content (AvgIpc) is 2.78. The van der Waals surface area contributed by atoms with Gasteiger partial charge in [-0.05, 0) is 48.4 Å². The predicted octanol–water partition coefficient (Wildman–Crippen LogP) is 3.32. The average molecular weight is 516 g/mol. The molecule has 0 saturated heterocycles. The van der Waals surface area contributed by atoms with Crippen molar-refractivity contribution in [3.63, 3.8) is 0 Å². The highest BCUT2D eigenvalue weighted by molar-refractivity contribution is 7.92. The number of carbonyl (C=O) groups is 2. The Morgan fingerprint density at radius 2 is 1.73 bits per heavy atom. The first-order chi connectivity index (χ1) is 15.5. The van der Waals surface area contributed by atoms with E-state index in [4.69, 9.17) is 27.9 Å². The molecule has 2 aromatic carbocycles. The summed E-state index contributed by atoms with van der Waals surface area (Å²) in [4.78, 5) is 27.3. The standard InChI is InChI=1S/C22H27Cl2N3O5S/c1-5-20(22(29)25-2)26(13-15-6-11-18(23)19(24)12-15)21(28)14-27(33(4,30)31)16-7-9-17(32-3)10-8-16/h6-12,20H,5,13-14H2,1-4H3,(H,25,29). The Balaban J connectivity index is 2.43. The second kappa shape index (κ2) is 11.6. The lowest BCUT2D eigenvalue weighted by Gasteiger charge is -2.32. The summed E-state index contributed by atoms with van der Waals surface area (Å²) in [6.45, 7) is 1.33. The highest BCUT2D eigenvalue weighted by Crippen LogP contribution is 2.25. The van der Waals surface area contributed by atoms with E-state index >= 15 is 0 Å². The number of carbonyl (C=O) groups excluding carboxylic acids is 2. The van der Waals surface area contributed by atoms with Crippen LogP contribution in [0.3, 0.4) is 0 Å². The van der Waals surface area contributed by atoms with E-state index in [2.05, 4.69) is 5.32 Å². The van der Waals surface area contributed by atoms with Crippen molar-refractivity contribution in [1.29, 1.82) is 0 Å². The number of halogens is 2. The van der Waals surface area contributed by atoms with E-state index < -0.39 is 28.5 Å². The van der Waals surface area contributed by atoms with Crippen LogP contribution < -0.4 is 14.4 Å². The van der Waals surface area contributed by atoms with Crippen LogP contribution in [0.15, 0.2) is 42.5 Å². The third kappa shape index (κ3) is 6.99. The fourth-order valence-corrected chi connectivity index (χ4v) is 4.45. The normalized spacial score (nSPS) is 12.1. The molecule has 0 heterocycles. The molecule has 0 aromatic heterocycles. The molecule has 0 aliphatic heterocycles. The van der Waals surface area contributed by atoms with Crippen LogP contribution in [0.1, 0.15) is 18.9 Å². The van der Waals surface area contributed by atoms with Crippen LogP contribution in [0.4, 0.5) is 5.69 Å². The van der Waals surface area contributed by atoms with Crippen molar-refractivity contribution in [1.82, 2.24) is 10.2 Å². The Bertz CT molecular complexity index is 1090. The lowest BCUT2D eigenvalue weighted by Crippen LogP contribution is -2.51. The topological polar surface area (TPSA) is 96.0 Å². The van der Waals surface area contributed by atoms with Gasteiger partial charge in [0.15, 0.2) is 0 Å². The lowest BCUT2D eigenvalue weighted by molar-refractivity contribution is -0.140. The summed E-state index contributed by atoms with van der Waals surface area (Å²) in [6.07, 6.45) is 1.35. The number of amides is 2. The summed E-state index contributed by atoms with van der Waals surface area (Å²) >= 11 is 12.1. The summed E-state index contributed by atoms with van der Waals surface area (Å²) in [6, 6.07) is 10.4. The van der Waals surface area contributed by atoms with Gasteiger partial charge in [0, 0.05) is 13.6 Å². The Kier molecular flexibility index (Phi) is 9.39. The van der Waals surface area contributed by atoms with Gasteiger partial charge in [-0.2, -0.15) is 0 Å². The summed E-state index contributed by atoms with van der Waals surface area (Å²) < 4.78 is 31.2. The zero-order chi connectivity index (χ0) is 24.8. The number of nitrogens with one attached hydrogen (secondary N) is 1. The maximum atomic E-state index is 13.4. The van der Waals surface area contributed by atoms with Gasteiger partial charge in [0.2, 0.25) is 21.8 Å². The first kappa shape index (κ1) is 26.8. The number of benzene rings is 2. The van der Waals surface area contributed by atoms with Gasteiger partial charge >= 0.3 is 0 Å². The molecule has 33 heavy (non-hydrogen) atoms. The number of rotatable bonds is 10. The number of nitrogens with zero attached hydrogens (tertiary/aromatic N) is 2. The molecule has 180 valence electrons. The minimum absolute atomic E-state index is 0.0435. The molecular formula is C22H27Cl2N3O5S. The van der Waals surface area contributed by atoms with E-state index in [1.165, 1.54) is 19.1 Å². The molecule has 0 aliphatic carbocycles. The SMILES string of the molecule is CCC(C(=O)NC)N(Cc1ccc(Cl)c(Cl)c1)C(=O)CN(c1ccc(OC)cc1)S(C)(=O)=O. The van der Waals surface area contributed by atoms with Crippen LogP contribution >= 0.6 is 23.2 Å². The first-order valence-corrected chi connectivity index (χ1v) is 12.7. The lowest BCUT2D eigenvalue weighted by atomic mass is 10.1.